The lowest BCUT2D eigenvalue weighted by Crippen LogP contribution is -2.09. The molecule has 2 aromatic heterocycles. The van der Waals surface area contributed by atoms with Crippen molar-refractivity contribution in [1.29, 1.82) is 0 Å². The van der Waals surface area contributed by atoms with Gasteiger partial charge in [-0.1, -0.05) is 0 Å². The molecule has 0 aliphatic rings. The number of halogens is 1. The lowest BCUT2D eigenvalue weighted by molar-refractivity contribution is 0.707. The van der Waals surface area contributed by atoms with Crippen LogP contribution in [-0.2, 0) is 13.1 Å². The highest BCUT2D eigenvalue weighted by Gasteiger charge is 2.04. The highest BCUT2D eigenvalue weighted by Crippen LogP contribution is 2.10. The van der Waals surface area contributed by atoms with Crippen molar-refractivity contribution in [3.63, 3.8) is 0 Å². The Labute approximate surface area is 104 Å². The predicted octanol–water partition coefficient (Wildman–Crippen LogP) is 1.66. The normalized spacial score (nSPS) is 10.5. The summed E-state index contributed by atoms with van der Waals surface area (Å²) < 4.78 is 1.96. The van der Waals surface area contributed by atoms with Crippen LogP contribution < -0.4 is 5.32 Å². The number of aryl methyl sites for hydroxylation is 2. The summed E-state index contributed by atoms with van der Waals surface area (Å²) in [6.45, 7) is 5.31. The highest BCUT2D eigenvalue weighted by molar-refractivity contribution is 6.28. The molecule has 6 nitrogen and oxygen atoms in total. The molecule has 0 aliphatic heterocycles. The number of anilines is 1. The third kappa shape index (κ3) is 2.91. The molecule has 90 valence electrons. The first kappa shape index (κ1) is 11.8. The van der Waals surface area contributed by atoms with Crippen molar-refractivity contribution in [2.75, 3.05) is 5.32 Å². The molecule has 17 heavy (non-hydrogen) atoms. The van der Waals surface area contributed by atoms with Gasteiger partial charge in [-0.3, -0.25) is 0 Å². The molecule has 0 spiro atoms. The standard InChI is InChI=1S/C10H13ClN6/c1-3-17-6-13-16-9(17)5-12-8-4-7(2)14-10(11)15-8/h4,6H,3,5H2,1-2H3,(H,12,14,15). The first-order valence-corrected chi connectivity index (χ1v) is 5.68. The molecule has 0 bridgehead atoms. The smallest absolute Gasteiger partial charge is 0.224 e. The summed E-state index contributed by atoms with van der Waals surface area (Å²) in [6, 6.07) is 1.83. The molecule has 2 rings (SSSR count). The maximum absolute atomic E-state index is 5.77. The van der Waals surface area contributed by atoms with Gasteiger partial charge in [0.1, 0.15) is 12.1 Å². The van der Waals surface area contributed by atoms with Crippen LogP contribution in [0.1, 0.15) is 18.4 Å². The molecule has 0 aliphatic carbocycles. The third-order valence-corrected chi connectivity index (χ3v) is 2.46. The van der Waals surface area contributed by atoms with Crippen LogP contribution in [0.2, 0.25) is 5.28 Å². The lowest BCUT2D eigenvalue weighted by Gasteiger charge is -2.06. The molecular formula is C10H13ClN6. The molecule has 0 atom stereocenters. The van der Waals surface area contributed by atoms with Crippen LogP contribution in [0.5, 0.6) is 0 Å². The van der Waals surface area contributed by atoms with Crippen molar-refractivity contribution in [2.24, 2.45) is 0 Å². The Morgan fingerprint density at radius 3 is 2.94 bits per heavy atom. The van der Waals surface area contributed by atoms with E-state index in [1.807, 2.05) is 24.5 Å². The fourth-order valence-electron chi connectivity index (χ4n) is 1.47. The molecule has 0 unspecified atom stereocenters. The lowest BCUT2D eigenvalue weighted by atomic mass is 10.4. The summed E-state index contributed by atoms with van der Waals surface area (Å²) in [6.07, 6.45) is 1.70. The van der Waals surface area contributed by atoms with Crippen LogP contribution in [0.4, 0.5) is 5.82 Å². The Balaban J connectivity index is 2.07. The van der Waals surface area contributed by atoms with Gasteiger partial charge in [-0.25, -0.2) is 9.97 Å². The van der Waals surface area contributed by atoms with Gasteiger partial charge in [0.15, 0.2) is 5.82 Å². The second-order valence-corrected chi connectivity index (χ2v) is 3.89. The third-order valence-electron chi connectivity index (χ3n) is 2.29. The van der Waals surface area contributed by atoms with Crippen molar-refractivity contribution in [2.45, 2.75) is 26.9 Å². The molecule has 7 heteroatoms. The Hall–Kier alpha value is -1.69. The van der Waals surface area contributed by atoms with Crippen LogP contribution in [0.3, 0.4) is 0 Å². The van der Waals surface area contributed by atoms with Gasteiger partial charge >= 0.3 is 0 Å². The Kier molecular flexibility index (Phi) is 3.53. The van der Waals surface area contributed by atoms with Gasteiger partial charge in [0, 0.05) is 18.3 Å². The minimum absolute atomic E-state index is 0.240. The minimum atomic E-state index is 0.240. The van der Waals surface area contributed by atoms with Crippen molar-refractivity contribution >= 4 is 17.4 Å². The van der Waals surface area contributed by atoms with E-state index in [1.54, 1.807) is 6.33 Å². The van der Waals surface area contributed by atoms with Gasteiger partial charge < -0.3 is 9.88 Å². The number of rotatable bonds is 4. The van der Waals surface area contributed by atoms with E-state index in [-0.39, 0.29) is 5.28 Å². The average molecular weight is 253 g/mol. The van der Waals surface area contributed by atoms with Gasteiger partial charge in [0.25, 0.3) is 0 Å². The minimum Gasteiger partial charge on any atom is -0.363 e. The molecule has 0 amide bonds. The van der Waals surface area contributed by atoms with E-state index in [1.165, 1.54) is 0 Å². The first-order valence-electron chi connectivity index (χ1n) is 5.30. The highest BCUT2D eigenvalue weighted by atomic mass is 35.5. The molecule has 1 N–H and O–H groups in total. The van der Waals surface area contributed by atoms with E-state index in [0.717, 1.165) is 18.1 Å². The maximum Gasteiger partial charge on any atom is 0.224 e. The Morgan fingerprint density at radius 1 is 1.41 bits per heavy atom. The average Bonchev–Trinajstić information content (AvgIpc) is 2.72. The van der Waals surface area contributed by atoms with Gasteiger partial charge in [-0.05, 0) is 25.4 Å². The van der Waals surface area contributed by atoms with Crippen LogP contribution >= 0.6 is 11.6 Å². The Morgan fingerprint density at radius 2 is 2.24 bits per heavy atom. The van der Waals surface area contributed by atoms with E-state index >= 15 is 0 Å². The first-order chi connectivity index (χ1) is 8.19. The Bertz CT molecular complexity index is 489. The fraction of sp³-hybridized carbons (Fsp3) is 0.400. The van der Waals surface area contributed by atoms with Crippen molar-refractivity contribution in [1.82, 2.24) is 24.7 Å². The SMILES string of the molecule is CCn1cnnc1CNc1cc(C)nc(Cl)n1. The monoisotopic (exact) mass is 252 g/mol. The molecule has 2 heterocycles. The van der Waals surface area contributed by atoms with Crippen molar-refractivity contribution in [3.8, 4) is 0 Å². The molecule has 0 aromatic carbocycles. The van der Waals surface area contributed by atoms with Crippen LogP contribution in [-0.4, -0.2) is 24.7 Å². The van der Waals surface area contributed by atoms with E-state index in [2.05, 4.69) is 25.5 Å². The summed E-state index contributed by atoms with van der Waals surface area (Å²) in [7, 11) is 0. The predicted molar refractivity (Wildman–Crippen MR) is 64.8 cm³/mol. The number of nitrogens with zero attached hydrogens (tertiary/aromatic N) is 5. The summed E-state index contributed by atoms with van der Waals surface area (Å²) in [5.74, 6) is 1.55. The second-order valence-electron chi connectivity index (χ2n) is 3.55. The molecule has 0 fully saturated rings. The van der Waals surface area contributed by atoms with E-state index in [9.17, 15) is 0 Å². The van der Waals surface area contributed by atoms with E-state index in [4.69, 9.17) is 11.6 Å². The number of hydrogen-bond acceptors (Lipinski definition) is 5. The van der Waals surface area contributed by atoms with Crippen molar-refractivity contribution in [3.05, 3.63) is 29.2 Å². The second kappa shape index (κ2) is 5.09. The van der Waals surface area contributed by atoms with Gasteiger partial charge in [-0.15, -0.1) is 10.2 Å². The van der Waals surface area contributed by atoms with Gasteiger partial charge in [0.2, 0.25) is 5.28 Å². The summed E-state index contributed by atoms with van der Waals surface area (Å²) in [5.41, 5.74) is 0.824. The summed E-state index contributed by atoms with van der Waals surface area (Å²) in [5, 5.41) is 11.3. The molecular weight excluding hydrogens is 240 g/mol. The summed E-state index contributed by atoms with van der Waals surface area (Å²) in [4.78, 5) is 8.07. The molecule has 0 saturated heterocycles. The number of hydrogen-bond donors (Lipinski definition) is 1. The fourth-order valence-corrected chi connectivity index (χ4v) is 1.70. The molecule has 0 saturated carbocycles. The zero-order chi connectivity index (χ0) is 12.3. The largest absolute Gasteiger partial charge is 0.363 e. The quantitative estimate of drug-likeness (QED) is 0.839. The summed E-state index contributed by atoms with van der Waals surface area (Å²) >= 11 is 5.77. The van der Waals surface area contributed by atoms with Crippen molar-refractivity contribution < 1.29 is 0 Å². The van der Waals surface area contributed by atoms with E-state index < -0.39 is 0 Å². The van der Waals surface area contributed by atoms with Crippen LogP contribution in [0.25, 0.3) is 0 Å². The van der Waals surface area contributed by atoms with Crippen LogP contribution in [0.15, 0.2) is 12.4 Å². The van der Waals surface area contributed by atoms with Crippen LogP contribution in [0, 0.1) is 6.92 Å². The topological polar surface area (TPSA) is 68.5 Å². The molecule has 2 aromatic rings. The maximum atomic E-state index is 5.77. The van der Waals surface area contributed by atoms with Gasteiger partial charge in [0.05, 0.1) is 6.54 Å². The number of nitrogens with one attached hydrogen (secondary N) is 1. The van der Waals surface area contributed by atoms with E-state index in [0.29, 0.717) is 12.4 Å². The van der Waals surface area contributed by atoms with Gasteiger partial charge in [-0.2, -0.15) is 0 Å². The zero-order valence-corrected chi connectivity index (χ0v) is 10.4. The zero-order valence-electron chi connectivity index (χ0n) is 9.68. The number of aromatic nitrogens is 5. The molecule has 0 radical (unpaired) electrons.